The second-order valence-corrected chi connectivity index (χ2v) is 4.51. The largest absolute Gasteiger partial charge is 0.434 e. The number of carbonyl (C=O) groups excluding carboxylic acids is 1. The molecule has 6 heteroatoms. The molecule has 0 unspecified atom stereocenters. The number of nitrogens with one attached hydrogen (secondary N) is 2. The quantitative estimate of drug-likeness (QED) is 0.913. The number of halogens is 2. The van der Waals surface area contributed by atoms with E-state index < -0.39 is 12.8 Å². The van der Waals surface area contributed by atoms with E-state index in [9.17, 15) is 13.6 Å². The third-order valence-electron chi connectivity index (χ3n) is 3.19. The summed E-state index contributed by atoms with van der Waals surface area (Å²) >= 11 is 0. The summed E-state index contributed by atoms with van der Waals surface area (Å²) in [5, 5.41) is 5.83. The van der Waals surface area contributed by atoms with E-state index in [0.29, 0.717) is 16.8 Å². The maximum absolute atomic E-state index is 12.5. The fraction of sp³-hybridized carbons (Fsp3) is 0.133. The molecule has 0 fully saturated rings. The molecule has 0 spiro atoms. The Morgan fingerprint density at radius 1 is 1.00 bits per heavy atom. The van der Waals surface area contributed by atoms with Crippen LogP contribution < -0.4 is 15.4 Å². The summed E-state index contributed by atoms with van der Waals surface area (Å²) < 4.78 is 29.4. The first-order chi connectivity index (χ1) is 10.1. The summed E-state index contributed by atoms with van der Waals surface area (Å²) in [5.74, 6) is -0.231. The highest BCUT2D eigenvalue weighted by Crippen LogP contribution is 2.31. The summed E-state index contributed by atoms with van der Waals surface area (Å²) in [6.07, 6.45) is -0.623. The molecule has 0 saturated heterocycles. The van der Waals surface area contributed by atoms with Crippen LogP contribution in [-0.2, 0) is 0 Å². The van der Waals surface area contributed by atoms with Crippen LogP contribution in [0, 0.1) is 0 Å². The van der Waals surface area contributed by atoms with Gasteiger partial charge in [0.25, 0.3) is 5.91 Å². The Balaban J connectivity index is 1.94. The topological polar surface area (TPSA) is 50.4 Å². The molecular formula is C15H12F2N2O2. The van der Waals surface area contributed by atoms with Crippen LogP contribution >= 0.6 is 0 Å². The lowest BCUT2D eigenvalue weighted by Crippen LogP contribution is -2.38. The lowest BCUT2D eigenvalue weighted by Gasteiger charge is -2.29. The van der Waals surface area contributed by atoms with Crippen molar-refractivity contribution in [1.82, 2.24) is 5.32 Å². The van der Waals surface area contributed by atoms with Crippen molar-refractivity contribution in [1.29, 1.82) is 0 Å². The van der Waals surface area contributed by atoms with Crippen LogP contribution in [0.1, 0.15) is 22.1 Å². The van der Waals surface area contributed by atoms with Crippen molar-refractivity contribution in [3.63, 3.8) is 0 Å². The molecule has 2 aromatic carbocycles. The maximum atomic E-state index is 12.5. The first-order valence-corrected chi connectivity index (χ1v) is 6.35. The van der Waals surface area contributed by atoms with Crippen molar-refractivity contribution in [2.24, 2.45) is 0 Å². The third-order valence-corrected chi connectivity index (χ3v) is 3.19. The summed E-state index contributed by atoms with van der Waals surface area (Å²) in [7, 11) is 0. The normalized spacial score (nSPS) is 16.9. The Morgan fingerprint density at radius 3 is 2.52 bits per heavy atom. The van der Waals surface area contributed by atoms with Gasteiger partial charge in [-0.05, 0) is 18.2 Å². The van der Waals surface area contributed by atoms with E-state index >= 15 is 0 Å². The zero-order valence-electron chi connectivity index (χ0n) is 10.8. The molecule has 0 aromatic heterocycles. The molecule has 0 bridgehead atoms. The Bertz CT molecular complexity index is 676. The fourth-order valence-electron chi connectivity index (χ4n) is 2.29. The van der Waals surface area contributed by atoms with Crippen LogP contribution in [0.2, 0.25) is 0 Å². The van der Waals surface area contributed by atoms with Gasteiger partial charge in [0.1, 0.15) is 11.9 Å². The number of benzene rings is 2. The number of ether oxygens (including phenoxy) is 1. The van der Waals surface area contributed by atoms with Crippen LogP contribution in [-0.4, -0.2) is 12.5 Å². The minimum atomic E-state index is -2.92. The molecule has 0 aliphatic carbocycles. The summed E-state index contributed by atoms with van der Waals surface area (Å²) in [6.45, 7) is -2.92. The standard InChI is InChI=1S/C15H12F2N2O2/c16-15(17)21-12-8-4-2-6-10(12)13-18-11-7-3-1-5-9(11)14(20)19-13/h1-8,13,15,18H,(H,19,20)/t13-/m0/s1. The maximum Gasteiger partial charge on any atom is 0.387 e. The molecule has 2 N–H and O–H groups in total. The molecule has 0 radical (unpaired) electrons. The van der Waals surface area contributed by atoms with Crippen LogP contribution in [0.5, 0.6) is 5.75 Å². The van der Waals surface area contributed by atoms with Crippen molar-refractivity contribution < 1.29 is 18.3 Å². The minimum absolute atomic E-state index is 0.0321. The van der Waals surface area contributed by atoms with Gasteiger partial charge in [0.05, 0.1) is 5.56 Å². The highest BCUT2D eigenvalue weighted by molar-refractivity contribution is 6.01. The summed E-state index contributed by atoms with van der Waals surface area (Å²) in [4.78, 5) is 12.1. The van der Waals surface area contributed by atoms with E-state index in [1.807, 2.05) is 0 Å². The molecule has 2 aromatic rings. The fourth-order valence-corrected chi connectivity index (χ4v) is 2.29. The van der Waals surface area contributed by atoms with Crippen molar-refractivity contribution >= 4 is 11.6 Å². The SMILES string of the molecule is O=C1N[C@@H](c2ccccc2OC(F)F)Nc2ccccc21. The highest BCUT2D eigenvalue weighted by atomic mass is 19.3. The van der Waals surface area contributed by atoms with Gasteiger partial charge in [-0.2, -0.15) is 8.78 Å². The highest BCUT2D eigenvalue weighted by Gasteiger charge is 2.26. The number of alkyl halides is 2. The number of para-hydroxylation sites is 2. The van der Waals surface area contributed by atoms with Gasteiger partial charge < -0.3 is 15.4 Å². The van der Waals surface area contributed by atoms with Crippen molar-refractivity contribution in [3.05, 3.63) is 59.7 Å². The van der Waals surface area contributed by atoms with Crippen LogP contribution in [0.3, 0.4) is 0 Å². The number of hydrogen-bond donors (Lipinski definition) is 2. The minimum Gasteiger partial charge on any atom is -0.434 e. The van der Waals surface area contributed by atoms with E-state index in [1.54, 1.807) is 42.5 Å². The van der Waals surface area contributed by atoms with Crippen LogP contribution in [0.25, 0.3) is 0 Å². The molecule has 21 heavy (non-hydrogen) atoms. The Labute approximate surface area is 119 Å². The van der Waals surface area contributed by atoms with E-state index in [-0.39, 0.29) is 11.7 Å². The molecule has 1 heterocycles. The summed E-state index contributed by atoms with van der Waals surface area (Å²) in [6, 6.07) is 13.4. The first-order valence-electron chi connectivity index (χ1n) is 6.35. The van der Waals surface area contributed by atoms with Gasteiger partial charge in [-0.25, -0.2) is 0 Å². The van der Waals surface area contributed by atoms with E-state index in [4.69, 9.17) is 0 Å². The molecule has 1 atom stereocenters. The number of rotatable bonds is 3. The van der Waals surface area contributed by atoms with Crippen molar-refractivity contribution in [2.45, 2.75) is 12.8 Å². The summed E-state index contributed by atoms with van der Waals surface area (Å²) in [5.41, 5.74) is 1.61. The second kappa shape index (κ2) is 5.40. The average Bonchev–Trinajstić information content (AvgIpc) is 2.47. The van der Waals surface area contributed by atoms with Gasteiger partial charge in [0, 0.05) is 11.3 Å². The number of amides is 1. The van der Waals surface area contributed by atoms with E-state index in [1.165, 1.54) is 6.07 Å². The van der Waals surface area contributed by atoms with Crippen molar-refractivity contribution in [2.75, 3.05) is 5.32 Å². The first kappa shape index (κ1) is 13.4. The molecular weight excluding hydrogens is 278 g/mol. The molecule has 3 rings (SSSR count). The van der Waals surface area contributed by atoms with Crippen LogP contribution in [0.15, 0.2) is 48.5 Å². The zero-order valence-corrected chi connectivity index (χ0v) is 10.8. The smallest absolute Gasteiger partial charge is 0.387 e. The molecule has 1 amide bonds. The van der Waals surface area contributed by atoms with E-state index in [0.717, 1.165) is 0 Å². The number of carbonyl (C=O) groups is 1. The Hall–Kier alpha value is -2.63. The monoisotopic (exact) mass is 290 g/mol. The van der Waals surface area contributed by atoms with Gasteiger partial charge in [-0.3, -0.25) is 4.79 Å². The molecule has 4 nitrogen and oxygen atoms in total. The zero-order chi connectivity index (χ0) is 14.8. The van der Waals surface area contributed by atoms with Crippen LogP contribution in [0.4, 0.5) is 14.5 Å². The van der Waals surface area contributed by atoms with Gasteiger partial charge in [0.2, 0.25) is 0 Å². The predicted molar refractivity (Wildman–Crippen MR) is 73.3 cm³/mol. The molecule has 108 valence electrons. The van der Waals surface area contributed by atoms with Gasteiger partial charge in [-0.1, -0.05) is 30.3 Å². The molecule has 0 saturated carbocycles. The van der Waals surface area contributed by atoms with E-state index in [2.05, 4.69) is 15.4 Å². The third kappa shape index (κ3) is 2.65. The van der Waals surface area contributed by atoms with Gasteiger partial charge in [0.15, 0.2) is 0 Å². The molecule has 1 aliphatic heterocycles. The van der Waals surface area contributed by atoms with Gasteiger partial charge >= 0.3 is 6.61 Å². The number of hydrogen-bond acceptors (Lipinski definition) is 3. The van der Waals surface area contributed by atoms with Gasteiger partial charge in [-0.15, -0.1) is 0 Å². The number of fused-ring (bicyclic) bond motifs is 1. The average molecular weight is 290 g/mol. The Kier molecular flexibility index (Phi) is 3.43. The predicted octanol–water partition coefficient (Wildman–Crippen LogP) is 3.14. The lowest BCUT2D eigenvalue weighted by molar-refractivity contribution is -0.0506. The van der Waals surface area contributed by atoms with Crippen molar-refractivity contribution in [3.8, 4) is 5.75 Å². The molecule has 1 aliphatic rings. The number of anilines is 1. The second-order valence-electron chi connectivity index (χ2n) is 4.51. The lowest BCUT2D eigenvalue weighted by atomic mass is 10.1. The Morgan fingerprint density at radius 2 is 1.71 bits per heavy atom.